The number of allylic oxidation sites excluding steroid dienone is 18. The monoisotopic (exact) mass is 1110 g/mol. The molecule has 0 saturated carbocycles. The van der Waals surface area contributed by atoms with Crippen LogP contribution in [0.3, 0.4) is 0 Å². The standard InChI is InChI=1S/C68H118NO8P/c1-6-8-10-12-14-16-18-20-22-24-26-28-29-30-31-32-33-34-35-36-37-38-39-41-43-45-47-49-51-53-55-57-59-61-68(71)77-66(65-76-78(72,73)75-63-62-69(3,4)5)64-74-67(70)60-58-56-54-52-50-48-46-44-42-40-27-25-23-21-19-17-15-13-11-9-7-2/h8,10,14,16,19-22,25-28,30-31,33-34,42,44,66H,6-7,9,11-13,15,17-18,23-24,29,32,35-41,43,45-65H2,1-5H3/b10-8-,16-14-,21-19-,22-20-,27-25-,28-26-,31-30-,34-33-,44-42-. The van der Waals surface area contributed by atoms with Gasteiger partial charge in [-0.2, -0.15) is 0 Å². The third-order valence-corrected chi connectivity index (χ3v) is 14.2. The van der Waals surface area contributed by atoms with E-state index in [4.69, 9.17) is 18.5 Å². The molecule has 9 nitrogen and oxygen atoms in total. The van der Waals surface area contributed by atoms with Gasteiger partial charge in [-0.1, -0.05) is 252 Å². The van der Waals surface area contributed by atoms with E-state index < -0.39 is 32.5 Å². The quantitative estimate of drug-likeness (QED) is 0.0195. The molecule has 0 aromatic heterocycles. The minimum Gasteiger partial charge on any atom is -0.756 e. The number of likely N-dealkylation sites (N-methyl/N-ethyl adjacent to an activating group) is 1. The van der Waals surface area contributed by atoms with Crippen molar-refractivity contribution >= 4 is 19.8 Å². The normalized spacial score (nSPS) is 14.0. The van der Waals surface area contributed by atoms with E-state index in [1.54, 1.807) is 0 Å². The summed E-state index contributed by atoms with van der Waals surface area (Å²) in [6.07, 6.45) is 81.4. The summed E-state index contributed by atoms with van der Waals surface area (Å²) in [6.45, 7) is 4.10. The first-order valence-electron chi connectivity index (χ1n) is 31.6. The van der Waals surface area contributed by atoms with Crippen molar-refractivity contribution in [2.45, 2.75) is 264 Å². The van der Waals surface area contributed by atoms with E-state index in [1.807, 2.05) is 21.1 Å². The van der Waals surface area contributed by atoms with Crippen LogP contribution >= 0.6 is 7.82 Å². The lowest BCUT2D eigenvalue weighted by Gasteiger charge is -2.28. The summed E-state index contributed by atoms with van der Waals surface area (Å²) in [5, 5.41) is 0. The number of esters is 2. The van der Waals surface area contributed by atoms with E-state index in [-0.39, 0.29) is 26.1 Å². The molecule has 78 heavy (non-hydrogen) atoms. The molecule has 0 aliphatic rings. The summed E-state index contributed by atoms with van der Waals surface area (Å²) in [5.74, 6) is -0.849. The number of phosphoric acid groups is 1. The SMILES string of the molecule is CC/C=C\C/C=C\C/C=C\C/C=C\C/C=C\C/C=C\CCCCCCCCCCCCCCCCC(=O)OC(COC(=O)CCCCCCCC/C=C\C/C=C\C/C=C\CCCCCCC)COP(=O)([O-])OCC[N+](C)(C)C. The molecule has 0 radical (unpaired) electrons. The Morgan fingerprint density at radius 1 is 0.410 bits per heavy atom. The number of hydrogen-bond donors (Lipinski definition) is 0. The highest BCUT2D eigenvalue weighted by Gasteiger charge is 2.22. The second kappa shape index (κ2) is 58.3. The Morgan fingerprint density at radius 3 is 1.09 bits per heavy atom. The summed E-state index contributed by atoms with van der Waals surface area (Å²) in [6, 6.07) is 0. The minimum absolute atomic E-state index is 0.0376. The maximum Gasteiger partial charge on any atom is 0.306 e. The molecule has 0 heterocycles. The molecule has 0 aromatic carbocycles. The highest BCUT2D eigenvalue weighted by Crippen LogP contribution is 2.38. The van der Waals surface area contributed by atoms with Gasteiger partial charge in [0.05, 0.1) is 27.7 Å². The van der Waals surface area contributed by atoms with Gasteiger partial charge in [0.2, 0.25) is 0 Å². The van der Waals surface area contributed by atoms with Crippen LogP contribution in [-0.2, 0) is 32.7 Å². The van der Waals surface area contributed by atoms with Crippen LogP contribution in [0.1, 0.15) is 258 Å². The molecule has 448 valence electrons. The lowest BCUT2D eigenvalue weighted by molar-refractivity contribution is -0.870. The molecule has 2 atom stereocenters. The Labute approximate surface area is 480 Å². The van der Waals surface area contributed by atoms with Gasteiger partial charge in [-0.05, 0) is 103 Å². The fourth-order valence-corrected chi connectivity index (χ4v) is 9.16. The summed E-state index contributed by atoms with van der Waals surface area (Å²) in [5.41, 5.74) is 0. The molecule has 0 rings (SSSR count). The van der Waals surface area contributed by atoms with Gasteiger partial charge in [0, 0.05) is 12.8 Å². The van der Waals surface area contributed by atoms with E-state index in [2.05, 4.69) is 123 Å². The predicted octanol–water partition coefficient (Wildman–Crippen LogP) is 19.5. The minimum atomic E-state index is -4.65. The number of carbonyl (C=O) groups excluding carboxylic acids is 2. The van der Waals surface area contributed by atoms with Crippen LogP contribution in [0.25, 0.3) is 0 Å². The second-order valence-corrected chi connectivity index (χ2v) is 23.4. The molecule has 0 fully saturated rings. The van der Waals surface area contributed by atoms with E-state index >= 15 is 0 Å². The highest BCUT2D eigenvalue weighted by molar-refractivity contribution is 7.45. The van der Waals surface area contributed by atoms with Crippen molar-refractivity contribution in [2.24, 2.45) is 0 Å². The van der Waals surface area contributed by atoms with Crippen molar-refractivity contribution in [2.75, 3.05) is 47.5 Å². The number of hydrogen-bond acceptors (Lipinski definition) is 8. The van der Waals surface area contributed by atoms with Crippen molar-refractivity contribution in [3.8, 4) is 0 Å². The zero-order valence-electron chi connectivity index (χ0n) is 50.8. The summed E-state index contributed by atoms with van der Waals surface area (Å²) >= 11 is 0. The van der Waals surface area contributed by atoms with Crippen molar-refractivity contribution < 1.29 is 42.1 Å². The molecule has 0 aliphatic carbocycles. The number of quaternary nitrogens is 1. The third kappa shape index (κ3) is 61.9. The molecule has 0 saturated heterocycles. The lowest BCUT2D eigenvalue weighted by atomic mass is 10.0. The average Bonchev–Trinajstić information content (AvgIpc) is 3.41. The topological polar surface area (TPSA) is 111 Å². The van der Waals surface area contributed by atoms with E-state index in [9.17, 15) is 19.0 Å². The van der Waals surface area contributed by atoms with Crippen LogP contribution < -0.4 is 4.89 Å². The molecule has 10 heteroatoms. The van der Waals surface area contributed by atoms with Crippen LogP contribution in [-0.4, -0.2) is 70.0 Å². The average molecular weight is 1110 g/mol. The molecule has 0 bridgehead atoms. The molecule has 0 spiro atoms. The van der Waals surface area contributed by atoms with Gasteiger partial charge in [0.1, 0.15) is 19.8 Å². The van der Waals surface area contributed by atoms with Gasteiger partial charge in [0.25, 0.3) is 7.82 Å². The number of ether oxygens (including phenoxy) is 2. The maximum absolute atomic E-state index is 12.8. The van der Waals surface area contributed by atoms with Crippen molar-refractivity contribution in [1.29, 1.82) is 0 Å². The first-order chi connectivity index (χ1) is 38.0. The zero-order valence-corrected chi connectivity index (χ0v) is 51.7. The van der Waals surface area contributed by atoms with Crippen molar-refractivity contribution in [3.05, 3.63) is 109 Å². The highest BCUT2D eigenvalue weighted by atomic mass is 31.2. The number of rotatable bonds is 57. The molecule has 0 aliphatic heterocycles. The van der Waals surface area contributed by atoms with Crippen molar-refractivity contribution in [3.63, 3.8) is 0 Å². The fraction of sp³-hybridized carbons (Fsp3) is 0.706. The van der Waals surface area contributed by atoms with Gasteiger partial charge in [0.15, 0.2) is 6.10 Å². The lowest BCUT2D eigenvalue weighted by Crippen LogP contribution is -2.37. The van der Waals surface area contributed by atoms with Gasteiger partial charge in [-0.25, -0.2) is 0 Å². The number of unbranched alkanes of at least 4 members (excludes halogenated alkanes) is 25. The summed E-state index contributed by atoms with van der Waals surface area (Å²) in [4.78, 5) is 38.0. The molecule has 0 aromatic rings. The van der Waals surface area contributed by atoms with Gasteiger partial charge in [-0.3, -0.25) is 14.2 Å². The van der Waals surface area contributed by atoms with Crippen LogP contribution in [0.4, 0.5) is 0 Å². The van der Waals surface area contributed by atoms with E-state index in [0.717, 1.165) is 103 Å². The van der Waals surface area contributed by atoms with E-state index in [1.165, 1.54) is 116 Å². The van der Waals surface area contributed by atoms with Crippen LogP contribution in [0.2, 0.25) is 0 Å². The van der Waals surface area contributed by atoms with Gasteiger partial charge in [-0.15, -0.1) is 0 Å². The van der Waals surface area contributed by atoms with Crippen molar-refractivity contribution in [1.82, 2.24) is 0 Å². The van der Waals surface area contributed by atoms with Gasteiger partial charge >= 0.3 is 11.9 Å². The van der Waals surface area contributed by atoms with Crippen LogP contribution in [0, 0.1) is 0 Å². The summed E-state index contributed by atoms with van der Waals surface area (Å²) in [7, 11) is 1.15. The Balaban J connectivity index is 4.13. The number of carbonyl (C=O) groups is 2. The summed E-state index contributed by atoms with van der Waals surface area (Å²) < 4.78 is 34.2. The molecular formula is C68H118NO8P. The Hall–Kier alpha value is -3.33. The number of nitrogens with zero attached hydrogens (tertiary/aromatic N) is 1. The maximum atomic E-state index is 12.8. The Bertz CT molecular complexity index is 1680. The second-order valence-electron chi connectivity index (χ2n) is 22.0. The first-order valence-corrected chi connectivity index (χ1v) is 33.1. The molecular weight excluding hydrogens is 990 g/mol. The largest absolute Gasteiger partial charge is 0.756 e. The predicted molar refractivity (Wildman–Crippen MR) is 332 cm³/mol. The zero-order chi connectivity index (χ0) is 57.0. The molecule has 0 amide bonds. The molecule has 2 unspecified atom stereocenters. The number of phosphoric ester groups is 1. The fourth-order valence-electron chi connectivity index (χ4n) is 8.43. The third-order valence-electron chi connectivity index (χ3n) is 13.3. The van der Waals surface area contributed by atoms with Gasteiger partial charge < -0.3 is 27.9 Å². The Morgan fingerprint density at radius 2 is 0.731 bits per heavy atom. The van der Waals surface area contributed by atoms with Crippen LogP contribution in [0.5, 0.6) is 0 Å². The van der Waals surface area contributed by atoms with E-state index in [0.29, 0.717) is 23.9 Å². The van der Waals surface area contributed by atoms with Crippen LogP contribution in [0.15, 0.2) is 109 Å². The first kappa shape index (κ1) is 74.7. The smallest absolute Gasteiger partial charge is 0.306 e. The molecule has 0 N–H and O–H groups in total. The Kier molecular flexibility index (Phi) is 55.8.